The van der Waals surface area contributed by atoms with Crippen molar-refractivity contribution >= 4 is 27.1 Å². The molecule has 1 aliphatic heterocycles. The van der Waals surface area contributed by atoms with Crippen molar-refractivity contribution in [1.29, 1.82) is 0 Å². The van der Waals surface area contributed by atoms with Gasteiger partial charge in [-0.1, -0.05) is 6.07 Å². The van der Waals surface area contributed by atoms with Crippen molar-refractivity contribution in [2.75, 3.05) is 31.1 Å². The molecule has 1 aliphatic rings. The first-order valence-corrected chi connectivity index (χ1v) is 8.84. The fourth-order valence-corrected chi connectivity index (χ4v) is 3.81. The number of thiophene rings is 1. The van der Waals surface area contributed by atoms with Gasteiger partial charge in [0.05, 0.1) is 11.3 Å². The van der Waals surface area contributed by atoms with E-state index in [-0.39, 0.29) is 0 Å². The number of fused-ring (bicyclic) bond motifs is 1. The summed E-state index contributed by atoms with van der Waals surface area (Å²) >= 11 is 1.35. The van der Waals surface area contributed by atoms with Gasteiger partial charge in [0.25, 0.3) is 0 Å². The Kier molecular flexibility index (Phi) is 5.01. The average Bonchev–Trinajstić information content (AvgIpc) is 2.98. The lowest BCUT2D eigenvalue weighted by Gasteiger charge is -2.31. The summed E-state index contributed by atoms with van der Waals surface area (Å²) in [5.41, 5.74) is 5.89. The molecule has 0 bridgehead atoms. The highest BCUT2D eigenvalue weighted by atomic mass is 32.1. The van der Waals surface area contributed by atoms with Crippen LogP contribution in [0.2, 0.25) is 0 Å². The fraction of sp³-hybridized carbons (Fsp3) is 0.412. The number of rotatable bonds is 5. The molecule has 2 N–H and O–H groups in total. The number of halogens is 3. The Bertz CT molecular complexity index is 723. The highest BCUT2D eigenvalue weighted by Crippen LogP contribution is 2.38. The maximum Gasteiger partial charge on any atom is 0.416 e. The standard InChI is InChI=1S/C17H20F3N3S/c18-17(19,20)13-3-4-14-15(12-24-16(14)11-13)23-9-7-22(8-10-23)6-2-1-5-21/h3-4,7,9,11-12H,1-2,5-6,8,10,21H2. The van der Waals surface area contributed by atoms with Crippen LogP contribution < -0.4 is 10.6 Å². The van der Waals surface area contributed by atoms with Crippen molar-refractivity contribution in [3.63, 3.8) is 0 Å². The Morgan fingerprint density at radius 2 is 1.96 bits per heavy atom. The van der Waals surface area contributed by atoms with Gasteiger partial charge < -0.3 is 15.5 Å². The van der Waals surface area contributed by atoms with E-state index >= 15 is 0 Å². The summed E-state index contributed by atoms with van der Waals surface area (Å²) in [7, 11) is 0. The van der Waals surface area contributed by atoms with E-state index in [0.717, 1.165) is 49.6 Å². The number of hydrogen-bond donors (Lipinski definition) is 1. The van der Waals surface area contributed by atoms with Gasteiger partial charge in [0, 0.05) is 47.5 Å². The minimum atomic E-state index is -4.30. The van der Waals surface area contributed by atoms with Crippen LogP contribution >= 0.6 is 11.3 Å². The van der Waals surface area contributed by atoms with Crippen LogP contribution in [-0.2, 0) is 6.18 Å². The Balaban J connectivity index is 1.75. The number of hydrogen-bond acceptors (Lipinski definition) is 4. The Hall–Kier alpha value is -1.73. The summed E-state index contributed by atoms with van der Waals surface area (Å²) < 4.78 is 39.1. The first kappa shape index (κ1) is 17.1. The van der Waals surface area contributed by atoms with Crippen LogP contribution in [0.25, 0.3) is 10.1 Å². The SMILES string of the molecule is NCCCCN1C=CN(c2csc3cc(C(F)(F)F)ccc23)CC1. The summed E-state index contributed by atoms with van der Waals surface area (Å²) in [5, 5.41) is 2.80. The number of nitrogens with two attached hydrogens (primary N) is 1. The second-order valence-corrected chi connectivity index (χ2v) is 6.76. The van der Waals surface area contributed by atoms with E-state index in [4.69, 9.17) is 5.73 Å². The number of anilines is 1. The van der Waals surface area contributed by atoms with Crippen LogP contribution in [-0.4, -0.2) is 31.1 Å². The van der Waals surface area contributed by atoms with Crippen LogP contribution in [0.5, 0.6) is 0 Å². The third kappa shape index (κ3) is 3.67. The zero-order valence-corrected chi connectivity index (χ0v) is 14.0. The minimum absolute atomic E-state index is 0.594. The van der Waals surface area contributed by atoms with Gasteiger partial charge in [-0.25, -0.2) is 0 Å². The van der Waals surface area contributed by atoms with E-state index in [1.807, 2.05) is 17.8 Å². The molecule has 0 amide bonds. The predicted molar refractivity (Wildman–Crippen MR) is 93.2 cm³/mol. The highest BCUT2D eigenvalue weighted by Gasteiger charge is 2.30. The van der Waals surface area contributed by atoms with Gasteiger partial charge in [-0.2, -0.15) is 13.2 Å². The molecular formula is C17H20F3N3S. The Morgan fingerprint density at radius 3 is 2.62 bits per heavy atom. The van der Waals surface area contributed by atoms with Crippen molar-refractivity contribution in [2.45, 2.75) is 19.0 Å². The van der Waals surface area contributed by atoms with E-state index in [9.17, 15) is 13.2 Å². The molecule has 0 spiro atoms. The molecule has 0 aliphatic carbocycles. The Labute approximate surface area is 143 Å². The van der Waals surface area contributed by atoms with Gasteiger partial charge in [0.2, 0.25) is 0 Å². The average molecular weight is 355 g/mol. The lowest BCUT2D eigenvalue weighted by Crippen LogP contribution is -2.35. The molecule has 1 aromatic heterocycles. The van der Waals surface area contributed by atoms with Crippen LogP contribution in [0.3, 0.4) is 0 Å². The van der Waals surface area contributed by atoms with Crippen molar-refractivity contribution in [3.8, 4) is 0 Å². The summed E-state index contributed by atoms with van der Waals surface area (Å²) in [6.45, 7) is 3.43. The van der Waals surface area contributed by atoms with Gasteiger partial charge in [0.1, 0.15) is 0 Å². The molecule has 3 rings (SSSR count). The van der Waals surface area contributed by atoms with E-state index in [1.54, 1.807) is 6.07 Å². The molecule has 0 atom stereocenters. The summed E-state index contributed by atoms with van der Waals surface area (Å²) in [5.74, 6) is 0. The van der Waals surface area contributed by atoms with Crippen molar-refractivity contribution in [3.05, 3.63) is 41.5 Å². The van der Waals surface area contributed by atoms with Crippen molar-refractivity contribution < 1.29 is 13.2 Å². The lowest BCUT2D eigenvalue weighted by molar-refractivity contribution is -0.137. The van der Waals surface area contributed by atoms with E-state index in [1.165, 1.54) is 17.4 Å². The zero-order chi connectivity index (χ0) is 17.2. The fourth-order valence-electron chi connectivity index (χ4n) is 2.82. The number of alkyl halides is 3. The number of benzene rings is 1. The molecule has 0 fully saturated rings. The van der Waals surface area contributed by atoms with Crippen molar-refractivity contribution in [2.24, 2.45) is 5.73 Å². The number of nitrogens with zero attached hydrogens (tertiary/aromatic N) is 2. The third-order valence-electron chi connectivity index (χ3n) is 4.18. The van der Waals surface area contributed by atoms with Crippen LogP contribution in [0.1, 0.15) is 18.4 Å². The van der Waals surface area contributed by atoms with Gasteiger partial charge in [-0.05, 0) is 31.5 Å². The largest absolute Gasteiger partial charge is 0.416 e. The molecule has 0 saturated carbocycles. The molecule has 7 heteroatoms. The van der Waals surface area contributed by atoms with Crippen molar-refractivity contribution in [1.82, 2.24) is 4.90 Å². The predicted octanol–water partition coefficient (Wildman–Crippen LogP) is 4.25. The molecule has 24 heavy (non-hydrogen) atoms. The molecule has 2 heterocycles. The summed E-state index contributed by atoms with van der Waals surface area (Å²) in [6.07, 6.45) is 1.85. The van der Waals surface area contributed by atoms with Crippen LogP contribution in [0.4, 0.5) is 18.9 Å². The highest BCUT2D eigenvalue weighted by molar-refractivity contribution is 7.17. The summed E-state index contributed by atoms with van der Waals surface area (Å²) in [6, 6.07) is 3.97. The second-order valence-electron chi connectivity index (χ2n) is 5.85. The lowest BCUT2D eigenvalue weighted by atomic mass is 10.1. The van der Waals surface area contributed by atoms with Crippen LogP contribution in [0, 0.1) is 0 Å². The smallest absolute Gasteiger partial charge is 0.374 e. The molecule has 0 unspecified atom stereocenters. The maximum atomic E-state index is 12.8. The maximum absolute atomic E-state index is 12.8. The molecule has 3 nitrogen and oxygen atoms in total. The van der Waals surface area contributed by atoms with E-state index < -0.39 is 11.7 Å². The monoisotopic (exact) mass is 355 g/mol. The third-order valence-corrected chi connectivity index (χ3v) is 5.11. The van der Waals surface area contributed by atoms with Gasteiger partial charge in [0.15, 0.2) is 0 Å². The first-order valence-electron chi connectivity index (χ1n) is 7.96. The minimum Gasteiger partial charge on any atom is -0.374 e. The van der Waals surface area contributed by atoms with Gasteiger partial charge in [-0.3, -0.25) is 0 Å². The Morgan fingerprint density at radius 1 is 1.12 bits per heavy atom. The summed E-state index contributed by atoms with van der Waals surface area (Å²) in [4.78, 5) is 4.36. The topological polar surface area (TPSA) is 32.5 Å². The molecule has 130 valence electrons. The van der Waals surface area contributed by atoms with Gasteiger partial charge >= 0.3 is 6.18 Å². The quantitative estimate of drug-likeness (QED) is 0.814. The molecular weight excluding hydrogens is 335 g/mol. The molecule has 1 aromatic carbocycles. The second kappa shape index (κ2) is 7.03. The molecule has 2 aromatic rings. The van der Waals surface area contributed by atoms with E-state index in [2.05, 4.69) is 9.80 Å². The van der Waals surface area contributed by atoms with Crippen LogP contribution in [0.15, 0.2) is 36.0 Å². The number of unbranched alkanes of at least 4 members (excludes halogenated alkanes) is 1. The van der Waals surface area contributed by atoms with E-state index in [0.29, 0.717) is 11.2 Å². The van der Waals surface area contributed by atoms with Gasteiger partial charge in [-0.15, -0.1) is 11.3 Å². The first-order chi connectivity index (χ1) is 11.5. The molecule has 0 radical (unpaired) electrons. The zero-order valence-electron chi connectivity index (χ0n) is 13.2. The molecule has 0 saturated heterocycles. The normalized spacial score (nSPS) is 15.5.